The Kier molecular flexibility index (Phi) is 6.04. The Labute approximate surface area is 170 Å². The smallest absolute Gasteiger partial charge is 0.336 e. The van der Waals surface area contributed by atoms with Gasteiger partial charge in [0.25, 0.3) is 0 Å². The topological polar surface area (TPSA) is 75.0 Å². The van der Waals surface area contributed by atoms with Crippen molar-refractivity contribution >= 4 is 32.9 Å². The molecular weight excluding hydrogens is 428 g/mol. The number of carbonyl (C=O) groups is 1. The molecule has 0 aliphatic heterocycles. The molecule has 1 aromatic heterocycles. The van der Waals surface area contributed by atoms with Crippen molar-refractivity contribution in [1.29, 1.82) is 0 Å². The van der Waals surface area contributed by atoms with Crippen LogP contribution < -0.4 is 19.8 Å². The number of fused-ring (bicyclic) bond motifs is 1. The highest BCUT2D eigenvalue weighted by Crippen LogP contribution is 2.34. The van der Waals surface area contributed by atoms with Crippen LogP contribution >= 0.6 is 15.9 Å². The van der Waals surface area contributed by atoms with Gasteiger partial charge in [0, 0.05) is 22.0 Å². The fourth-order valence-corrected chi connectivity index (χ4v) is 3.40. The van der Waals surface area contributed by atoms with Gasteiger partial charge in [-0.05, 0) is 48.7 Å². The van der Waals surface area contributed by atoms with Crippen molar-refractivity contribution in [1.82, 2.24) is 0 Å². The molecule has 6 nitrogen and oxygen atoms in total. The molecule has 0 amide bonds. The van der Waals surface area contributed by atoms with Crippen LogP contribution in [0.15, 0.2) is 50.1 Å². The molecule has 0 spiro atoms. The van der Waals surface area contributed by atoms with Crippen molar-refractivity contribution < 1.29 is 23.4 Å². The van der Waals surface area contributed by atoms with E-state index in [1.807, 2.05) is 13.0 Å². The molecule has 0 fully saturated rings. The quantitative estimate of drug-likeness (QED) is 0.317. The van der Waals surface area contributed by atoms with Gasteiger partial charge in [0.2, 0.25) is 0 Å². The van der Waals surface area contributed by atoms with Crippen LogP contribution in [0.4, 0.5) is 0 Å². The second kappa shape index (κ2) is 8.48. The van der Waals surface area contributed by atoms with E-state index in [-0.39, 0.29) is 6.42 Å². The lowest BCUT2D eigenvalue weighted by Crippen LogP contribution is -2.09. The molecule has 0 N–H and O–H groups in total. The number of halogens is 1. The first-order chi connectivity index (χ1) is 13.4. The number of hydrogen-bond acceptors (Lipinski definition) is 6. The number of esters is 1. The summed E-state index contributed by atoms with van der Waals surface area (Å²) < 4.78 is 21.9. The first kappa shape index (κ1) is 19.9. The maximum Gasteiger partial charge on any atom is 0.336 e. The van der Waals surface area contributed by atoms with E-state index >= 15 is 0 Å². The standard InChI is InChI=1S/C21H19BrO6/c1-12-8-21(24)28-17-10-14(5-6-15(12)17)27-20(23)7-4-13-9-18(25-2)19(26-3)11-16(13)22/h5-6,8-11H,4,7H2,1-3H3. The Morgan fingerprint density at radius 1 is 1.07 bits per heavy atom. The summed E-state index contributed by atoms with van der Waals surface area (Å²) in [6, 6.07) is 10.0. The van der Waals surface area contributed by atoms with E-state index in [1.165, 1.54) is 6.07 Å². The minimum Gasteiger partial charge on any atom is -0.493 e. The van der Waals surface area contributed by atoms with Gasteiger partial charge in [-0.2, -0.15) is 0 Å². The van der Waals surface area contributed by atoms with Crippen LogP contribution in [0, 0.1) is 6.92 Å². The second-order valence-corrected chi connectivity index (χ2v) is 7.03. The van der Waals surface area contributed by atoms with Crippen molar-refractivity contribution in [3.8, 4) is 17.2 Å². The summed E-state index contributed by atoms with van der Waals surface area (Å²) in [6.07, 6.45) is 0.630. The number of hydrogen-bond donors (Lipinski definition) is 0. The third kappa shape index (κ3) is 4.36. The minimum absolute atomic E-state index is 0.171. The molecule has 146 valence electrons. The second-order valence-electron chi connectivity index (χ2n) is 6.18. The molecule has 2 aromatic carbocycles. The highest BCUT2D eigenvalue weighted by atomic mass is 79.9. The molecule has 0 bridgehead atoms. The molecule has 0 atom stereocenters. The predicted molar refractivity (Wildman–Crippen MR) is 108 cm³/mol. The van der Waals surface area contributed by atoms with Crippen LogP contribution in [-0.4, -0.2) is 20.2 Å². The van der Waals surface area contributed by atoms with E-state index in [4.69, 9.17) is 18.6 Å². The maximum atomic E-state index is 12.3. The summed E-state index contributed by atoms with van der Waals surface area (Å²) >= 11 is 3.48. The summed E-state index contributed by atoms with van der Waals surface area (Å²) in [5, 5.41) is 0.800. The van der Waals surface area contributed by atoms with E-state index < -0.39 is 11.6 Å². The van der Waals surface area contributed by atoms with Gasteiger partial charge in [0.1, 0.15) is 11.3 Å². The number of carbonyl (C=O) groups excluding carboxylic acids is 1. The first-order valence-electron chi connectivity index (χ1n) is 8.57. The zero-order valence-electron chi connectivity index (χ0n) is 15.7. The Morgan fingerprint density at radius 3 is 2.50 bits per heavy atom. The largest absolute Gasteiger partial charge is 0.493 e. The van der Waals surface area contributed by atoms with Gasteiger partial charge in [-0.25, -0.2) is 4.79 Å². The van der Waals surface area contributed by atoms with E-state index in [0.29, 0.717) is 29.3 Å². The number of aryl methyl sites for hydroxylation is 2. The van der Waals surface area contributed by atoms with Gasteiger partial charge in [-0.3, -0.25) is 4.79 Å². The molecule has 0 radical (unpaired) electrons. The normalized spacial score (nSPS) is 10.7. The average molecular weight is 447 g/mol. The molecule has 0 unspecified atom stereocenters. The zero-order chi connectivity index (χ0) is 20.3. The lowest BCUT2D eigenvalue weighted by atomic mass is 10.1. The molecule has 0 aliphatic rings. The lowest BCUT2D eigenvalue weighted by Gasteiger charge is -2.12. The molecule has 28 heavy (non-hydrogen) atoms. The van der Waals surface area contributed by atoms with Crippen LogP contribution in [0.1, 0.15) is 17.5 Å². The summed E-state index contributed by atoms with van der Waals surface area (Å²) in [5.74, 6) is 1.14. The number of methoxy groups -OCH3 is 2. The SMILES string of the molecule is COc1cc(Br)c(CCC(=O)Oc2ccc3c(C)cc(=O)oc3c2)cc1OC. The maximum absolute atomic E-state index is 12.3. The van der Waals surface area contributed by atoms with Gasteiger partial charge >= 0.3 is 11.6 Å². The van der Waals surface area contributed by atoms with Gasteiger partial charge in [-0.15, -0.1) is 0 Å². The Balaban J connectivity index is 1.71. The van der Waals surface area contributed by atoms with Crippen molar-refractivity contribution in [3.05, 3.63) is 62.4 Å². The average Bonchev–Trinajstić information content (AvgIpc) is 2.66. The summed E-state index contributed by atoms with van der Waals surface area (Å²) in [7, 11) is 3.12. The van der Waals surface area contributed by atoms with Crippen LogP contribution in [0.3, 0.4) is 0 Å². The van der Waals surface area contributed by atoms with Crippen LogP contribution in [-0.2, 0) is 11.2 Å². The summed E-state index contributed by atoms with van der Waals surface area (Å²) in [5.41, 5.74) is 1.65. The lowest BCUT2D eigenvalue weighted by molar-refractivity contribution is -0.134. The fourth-order valence-electron chi connectivity index (χ4n) is 2.88. The van der Waals surface area contributed by atoms with Gasteiger partial charge < -0.3 is 18.6 Å². The van der Waals surface area contributed by atoms with Gasteiger partial charge in [0.15, 0.2) is 11.5 Å². The van der Waals surface area contributed by atoms with E-state index in [9.17, 15) is 9.59 Å². The molecular formula is C21H19BrO6. The van der Waals surface area contributed by atoms with Crippen LogP contribution in [0.5, 0.6) is 17.2 Å². The molecule has 0 saturated heterocycles. The fraction of sp³-hybridized carbons (Fsp3) is 0.238. The minimum atomic E-state index is -0.438. The first-order valence-corrected chi connectivity index (χ1v) is 9.36. The highest BCUT2D eigenvalue weighted by molar-refractivity contribution is 9.10. The number of rotatable bonds is 6. The number of benzene rings is 2. The van der Waals surface area contributed by atoms with Crippen LogP contribution in [0.2, 0.25) is 0 Å². The van der Waals surface area contributed by atoms with Gasteiger partial charge in [0.05, 0.1) is 20.6 Å². The van der Waals surface area contributed by atoms with Crippen molar-refractivity contribution in [2.75, 3.05) is 14.2 Å². The van der Waals surface area contributed by atoms with E-state index in [0.717, 1.165) is 21.0 Å². The van der Waals surface area contributed by atoms with Gasteiger partial charge in [-0.1, -0.05) is 15.9 Å². The molecule has 0 aliphatic carbocycles. The summed E-state index contributed by atoms with van der Waals surface area (Å²) in [6.45, 7) is 1.83. The molecule has 7 heteroatoms. The monoisotopic (exact) mass is 446 g/mol. The Morgan fingerprint density at radius 2 is 1.79 bits per heavy atom. The molecule has 1 heterocycles. The predicted octanol–water partition coefficient (Wildman–Crippen LogP) is 4.42. The van der Waals surface area contributed by atoms with Crippen molar-refractivity contribution in [2.45, 2.75) is 19.8 Å². The third-order valence-corrected chi connectivity index (χ3v) is 5.04. The van der Waals surface area contributed by atoms with Crippen LogP contribution in [0.25, 0.3) is 11.0 Å². The zero-order valence-corrected chi connectivity index (χ0v) is 17.3. The van der Waals surface area contributed by atoms with Crippen molar-refractivity contribution in [3.63, 3.8) is 0 Å². The van der Waals surface area contributed by atoms with E-state index in [2.05, 4.69) is 15.9 Å². The third-order valence-electron chi connectivity index (χ3n) is 4.31. The highest BCUT2D eigenvalue weighted by Gasteiger charge is 2.13. The number of ether oxygens (including phenoxy) is 3. The Hall–Kier alpha value is -2.80. The summed E-state index contributed by atoms with van der Waals surface area (Å²) in [4.78, 5) is 23.8. The molecule has 3 aromatic rings. The molecule has 3 rings (SSSR count). The van der Waals surface area contributed by atoms with Crippen molar-refractivity contribution in [2.24, 2.45) is 0 Å². The molecule has 0 saturated carbocycles. The Bertz CT molecular complexity index is 1090. The van der Waals surface area contributed by atoms with E-state index in [1.54, 1.807) is 38.5 Å².